The van der Waals surface area contributed by atoms with Crippen molar-refractivity contribution >= 4 is 5.82 Å². The Bertz CT molecular complexity index is 1360. The van der Waals surface area contributed by atoms with Gasteiger partial charge in [0.2, 0.25) is 12.4 Å². The van der Waals surface area contributed by atoms with Crippen LogP contribution in [0.4, 0.5) is 19.0 Å². The Morgan fingerprint density at radius 1 is 1.09 bits per heavy atom. The summed E-state index contributed by atoms with van der Waals surface area (Å²) in [6.07, 6.45) is 5.16. The molecule has 4 aromatic rings. The van der Waals surface area contributed by atoms with Crippen molar-refractivity contribution in [2.24, 2.45) is 0 Å². The Morgan fingerprint density at radius 2 is 1.89 bits per heavy atom. The topological polar surface area (TPSA) is 80.6 Å². The first-order chi connectivity index (χ1) is 16.9. The van der Waals surface area contributed by atoms with Gasteiger partial charge < -0.3 is 9.13 Å². The van der Waals surface area contributed by atoms with Crippen molar-refractivity contribution in [3.8, 4) is 17.2 Å². The molecule has 12 heteroatoms. The van der Waals surface area contributed by atoms with Gasteiger partial charge in [-0.2, -0.15) is 13.2 Å². The van der Waals surface area contributed by atoms with Crippen molar-refractivity contribution in [2.45, 2.75) is 37.5 Å². The number of anilines is 1. The first-order valence-electron chi connectivity index (χ1n) is 11.4. The van der Waals surface area contributed by atoms with E-state index < -0.39 is 12.2 Å². The summed E-state index contributed by atoms with van der Waals surface area (Å²) in [5, 5.41) is 8.27. The second kappa shape index (κ2) is 8.15. The fourth-order valence-electron chi connectivity index (χ4n) is 4.57. The minimum atomic E-state index is -4.37. The molecule has 1 aliphatic heterocycles. The van der Waals surface area contributed by atoms with E-state index in [2.05, 4.69) is 30.2 Å². The minimum Gasteiger partial charge on any atom is -0.309 e. The minimum absolute atomic E-state index is 0.0705. The molecular formula is C23H23F3N9+. The van der Waals surface area contributed by atoms with Gasteiger partial charge in [-0.3, -0.25) is 4.90 Å². The third-order valence-electron chi connectivity index (χ3n) is 6.44. The average molecular weight is 482 g/mol. The van der Waals surface area contributed by atoms with Gasteiger partial charge >= 0.3 is 6.18 Å². The molecule has 0 saturated heterocycles. The molecule has 0 amide bonds. The highest BCUT2D eigenvalue weighted by Gasteiger charge is 2.48. The molecule has 180 valence electrons. The number of rotatable bonds is 5. The Balaban J connectivity index is 1.23. The van der Waals surface area contributed by atoms with Gasteiger partial charge in [-0.05, 0) is 32.0 Å². The quantitative estimate of drug-likeness (QED) is 0.441. The monoisotopic (exact) mass is 482 g/mol. The number of fused-ring (bicyclic) bond motifs is 1. The summed E-state index contributed by atoms with van der Waals surface area (Å²) in [4.78, 5) is 10.1. The highest BCUT2D eigenvalue weighted by Crippen LogP contribution is 2.40. The van der Waals surface area contributed by atoms with Gasteiger partial charge in [0.15, 0.2) is 17.7 Å². The fourth-order valence-corrected chi connectivity index (χ4v) is 4.57. The molecule has 0 aromatic carbocycles. The van der Waals surface area contributed by atoms with Crippen LogP contribution in [0.5, 0.6) is 0 Å². The van der Waals surface area contributed by atoms with Crippen LogP contribution < -0.4 is 10.1 Å². The van der Waals surface area contributed by atoms with Crippen LogP contribution in [0.2, 0.25) is 0 Å². The first-order valence-corrected chi connectivity index (χ1v) is 11.4. The van der Waals surface area contributed by atoms with Crippen LogP contribution in [0.1, 0.15) is 36.3 Å². The van der Waals surface area contributed by atoms with E-state index in [0.29, 0.717) is 30.5 Å². The molecule has 9 nitrogen and oxygen atoms in total. The number of imidazole rings is 1. The molecule has 5 heterocycles. The normalized spacial score (nSPS) is 18.5. The number of likely N-dealkylation sites (N-methyl/N-ethyl adjacent to an activating group) is 1. The lowest BCUT2D eigenvalue weighted by atomic mass is 10.0. The van der Waals surface area contributed by atoms with Gasteiger partial charge in [0.1, 0.15) is 12.0 Å². The van der Waals surface area contributed by atoms with Gasteiger partial charge in [-0.1, -0.05) is 10.7 Å². The Kier molecular flexibility index (Phi) is 5.06. The summed E-state index contributed by atoms with van der Waals surface area (Å²) in [5.74, 6) is 1.37. The molecule has 4 aromatic heterocycles. The summed E-state index contributed by atoms with van der Waals surface area (Å²) in [7, 11) is 1.48. The molecule has 1 N–H and O–H groups in total. The zero-order chi connectivity index (χ0) is 24.2. The Labute approximate surface area is 198 Å². The second-order valence-corrected chi connectivity index (χ2v) is 8.90. The third kappa shape index (κ3) is 4.03. The van der Waals surface area contributed by atoms with E-state index in [9.17, 15) is 13.2 Å². The maximum Gasteiger partial charge on any atom is 0.409 e. The lowest BCUT2D eigenvalue weighted by Crippen LogP contribution is -2.42. The second-order valence-electron chi connectivity index (χ2n) is 8.90. The number of nitrogens with zero attached hydrogens (tertiary/aromatic N) is 8. The smallest absolute Gasteiger partial charge is 0.309 e. The van der Waals surface area contributed by atoms with Gasteiger partial charge in [0.25, 0.3) is 0 Å². The summed E-state index contributed by atoms with van der Waals surface area (Å²) in [5.41, 5.74) is 5.33. The Morgan fingerprint density at radius 3 is 2.63 bits per heavy atom. The molecule has 6 rings (SSSR count). The van der Waals surface area contributed by atoms with E-state index in [1.807, 2.05) is 30.3 Å². The van der Waals surface area contributed by atoms with Crippen molar-refractivity contribution in [3.63, 3.8) is 0 Å². The van der Waals surface area contributed by atoms with Gasteiger partial charge in [0, 0.05) is 36.8 Å². The summed E-state index contributed by atoms with van der Waals surface area (Å²) >= 11 is 0. The van der Waals surface area contributed by atoms with Gasteiger partial charge in [0.05, 0.1) is 17.7 Å². The summed E-state index contributed by atoms with van der Waals surface area (Å²) < 4.78 is 46.3. The molecule has 2 aliphatic rings. The SMILES string of the molecule is CN1CCc2c(ncn2-c2cc[n+](Nc3cccc(-c4nncn4C4CC4)n3)cc2)C1C(F)(F)F. The number of hydrogen-bond donors (Lipinski definition) is 1. The molecule has 1 saturated carbocycles. The number of pyridine rings is 2. The highest BCUT2D eigenvalue weighted by atomic mass is 19.4. The van der Waals surface area contributed by atoms with Crippen LogP contribution in [-0.4, -0.2) is 54.0 Å². The fraction of sp³-hybridized carbons (Fsp3) is 0.348. The molecule has 0 radical (unpaired) electrons. The molecule has 0 spiro atoms. The van der Waals surface area contributed by atoms with Crippen LogP contribution >= 0.6 is 0 Å². The van der Waals surface area contributed by atoms with Crippen molar-refractivity contribution in [2.75, 3.05) is 19.0 Å². The average Bonchev–Trinajstić information content (AvgIpc) is 3.40. The highest BCUT2D eigenvalue weighted by molar-refractivity contribution is 5.53. The van der Waals surface area contributed by atoms with Crippen molar-refractivity contribution in [1.82, 2.24) is 34.2 Å². The predicted molar refractivity (Wildman–Crippen MR) is 119 cm³/mol. The van der Waals surface area contributed by atoms with E-state index in [1.54, 1.807) is 28.0 Å². The number of alkyl halides is 3. The van der Waals surface area contributed by atoms with E-state index in [-0.39, 0.29) is 5.69 Å². The maximum absolute atomic E-state index is 13.6. The zero-order valence-corrected chi connectivity index (χ0v) is 18.9. The van der Waals surface area contributed by atoms with Crippen molar-refractivity contribution in [1.29, 1.82) is 0 Å². The van der Waals surface area contributed by atoms with E-state index >= 15 is 0 Å². The molecule has 35 heavy (non-hydrogen) atoms. The molecule has 1 aliphatic carbocycles. The van der Waals surface area contributed by atoms with E-state index in [1.165, 1.54) is 18.3 Å². The molecule has 1 atom stereocenters. The van der Waals surface area contributed by atoms with Crippen LogP contribution in [0, 0.1) is 0 Å². The lowest BCUT2D eigenvalue weighted by molar-refractivity contribution is -0.643. The van der Waals surface area contributed by atoms with Gasteiger partial charge in [-0.15, -0.1) is 15.6 Å². The van der Waals surface area contributed by atoms with Crippen LogP contribution in [0.15, 0.2) is 55.4 Å². The van der Waals surface area contributed by atoms with Crippen molar-refractivity contribution in [3.05, 3.63) is 66.8 Å². The number of nitrogens with one attached hydrogen (secondary N) is 1. The standard InChI is InChI=1S/C23H23F3N9/c1-32-10-9-18-20(21(32)23(24,25)26)27-13-34(18)16-7-11-33(12-8-16)31-19-4-2-3-17(29-19)22-30-28-14-35(22)15-5-6-15/h2-4,7-8,11-15,21H,5-6,9-10H2,1H3,(H,29,31)/q+1. The van der Waals surface area contributed by atoms with E-state index in [4.69, 9.17) is 0 Å². The van der Waals surface area contributed by atoms with Crippen LogP contribution in [-0.2, 0) is 6.42 Å². The first kappa shape index (κ1) is 21.7. The van der Waals surface area contributed by atoms with E-state index in [0.717, 1.165) is 30.0 Å². The Hall–Kier alpha value is -3.80. The van der Waals surface area contributed by atoms with Crippen LogP contribution in [0.3, 0.4) is 0 Å². The number of halogens is 3. The zero-order valence-electron chi connectivity index (χ0n) is 18.9. The molecular weight excluding hydrogens is 459 g/mol. The molecule has 0 bridgehead atoms. The number of hydrogen-bond acceptors (Lipinski definition) is 6. The van der Waals surface area contributed by atoms with Crippen LogP contribution in [0.25, 0.3) is 17.2 Å². The maximum atomic E-state index is 13.6. The number of aromatic nitrogens is 7. The summed E-state index contributed by atoms with van der Waals surface area (Å²) in [6, 6.07) is 8.05. The van der Waals surface area contributed by atoms with Crippen molar-refractivity contribution < 1.29 is 17.8 Å². The largest absolute Gasteiger partial charge is 0.409 e. The third-order valence-corrected chi connectivity index (χ3v) is 6.44. The predicted octanol–water partition coefficient (Wildman–Crippen LogP) is 3.11. The van der Waals surface area contributed by atoms with Gasteiger partial charge in [-0.25, -0.2) is 9.97 Å². The lowest BCUT2D eigenvalue weighted by Gasteiger charge is -2.33. The molecule has 1 fully saturated rings. The summed E-state index contributed by atoms with van der Waals surface area (Å²) in [6.45, 7) is 0.313. The molecule has 1 unspecified atom stereocenters.